The van der Waals surface area contributed by atoms with Crippen molar-refractivity contribution in [2.45, 2.75) is 27.2 Å². The van der Waals surface area contributed by atoms with E-state index in [0.29, 0.717) is 11.7 Å². The lowest BCUT2D eigenvalue weighted by Crippen LogP contribution is -1.99. The monoisotopic (exact) mass is 307 g/mol. The van der Waals surface area contributed by atoms with Crippen molar-refractivity contribution in [1.29, 1.82) is 0 Å². The number of aryl methyl sites for hydroxylation is 1. The average molecular weight is 308 g/mol. The summed E-state index contributed by atoms with van der Waals surface area (Å²) in [6, 6.07) is 6.29. The third-order valence-corrected chi connectivity index (χ3v) is 3.56. The van der Waals surface area contributed by atoms with E-state index in [4.69, 9.17) is 5.73 Å². The summed E-state index contributed by atoms with van der Waals surface area (Å²) in [7, 11) is 0. The van der Waals surface area contributed by atoms with Gasteiger partial charge >= 0.3 is 0 Å². The van der Waals surface area contributed by atoms with Crippen molar-refractivity contribution in [2.24, 2.45) is 5.92 Å². The molecule has 0 radical (unpaired) electrons. The van der Waals surface area contributed by atoms with Crippen molar-refractivity contribution in [3.63, 3.8) is 0 Å². The van der Waals surface area contributed by atoms with Gasteiger partial charge < -0.3 is 5.73 Å². The van der Waals surface area contributed by atoms with Crippen LogP contribution in [0.4, 0.5) is 5.82 Å². The van der Waals surface area contributed by atoms with E-state index in [2.05, 4.69) is 65.1 Å². The van der Waals surface area contributed by atoms with E-state index in [1.54, 1.807) is 0 Å². The Kier molecular flexibility index (Phi) is 3.76. The van der Waals surface area contributed by atoms with E-state index >= 15 is 0 Å². The van der Waals surface area contributed by atoms with E-state index in [1.165, 1.54) is 5.56 Å². The minimum atomic E-state index is 0.549. The third-order valence-electron chi connectivity index (χ3n) is 2.91. The zero-order chi connectivity index (χ0) is 13.3. The van der Waals surface area contributed by atoms with Gasteiger partial charge in [0.1, 0.15) is 5.82 Å². The van der Waals surface area contributed by atoms with Gasteiger partial charge in [-0.3, -0.25) is 5.10 Å². The molecule has 4 heteroatoms. The fraction of sp³-hybridized carbons (Fsp3) is 0.357. The van der Waals surface area contributed by atoms with Gasteiger partial charge in [0.2, 0.25) is 0 Å². The van der Waals surface area contributed by atoms with Crippen LogP contribution in [-0.2, 0) is 6.42 Å². The first-order valence-electron chi connectivity index (χ1n) is 6.08. The molecule has 0 amide bonds. The minimum Gasteiger partial charge on any atom is -0.382 e. The largest absolute Gasteiger partial charge is 0.382 e. The number of rotatable bonds is 3. The summed E-state index contributed by atoms with van der Waals surface area (Å²) in [4.78, 5) is 0. The summed E-state index contributed by atoms with van der Waals surface area (Å²) in [6.07, 6.45) is 0.929. The second-order valence-electron chi connectivity index (χ2n) is 5.04. The van der Waals surface area contributed by atoms with Crippen LogP contribution in [0.1, 0.15) is 25.0 Å². The molecule has 1 aromatic carbocycles. The number of aromatic amines is 1. The molecule has 0 atom stereocenters. The highest BCUT2D eigenvalue weighted by Crippen LogP contribution is 2.33. The van der Waals surface area contributed by atoms with Gasteiger partial charge in [-0.15, -0.1) is 0 Å². The smallest absolute Gasteiger partial charge is 0.149 e. The second kappa shape index (κ2) is 5.14. The number of nitrogens with one attached hydrogen (secondary N) is 1. The normalized spacial score (nSPS) is 11.2. The first-order valence-corrected chi connectivity index (χ1v) is 6.87. The van der Waals surface area contributed by atoms with Crippen molar-refractivity contribution in [2.75, 3.05) is 5.73 Å². The molecule has 2 rings (SSSR count). The van der Waals surface area contributed by atoms with Gasteiger partial charge in [0, 0.05) is 15.6 Å². The SMILES string of the molecule is Cc1ccc(-c2[nH]nc(N)c2CC(C)C)c(Br)c1. The van der Waals surface area contributed by atoms with E-state index in [-0.39, 0.29) is 0 Å². The Labute approximate surface area is 116 Å². The van der Waals surface area contributed by atoms with E-state index in [9.17, 15) is 0 Å². The number of nitrogens with two attached hydrogens (primary N) is 1. The molecule has 96 valence electrons. The highest BCUT2D eigenvalue weighted by atomic mass is 79.9. The molecule has 1 aromatic heterocycles. The third kappa shape index (κ3) is 2.58. The van der Waals surface area contributed by atoms with Gasteiger partial charge in [-0.1, -0.05) is 41.9 Å². The summed E-state index contributed by atoms with van der Waals surface area (Å²) in [5.41, 5.74) is 10.4. The van der Waals surface area contributed by atoms with Gasteiger partial charge in [-0.2, -0.15) is 5.10 Å². The lowest BCUT2D eigenvalue weighted by Gasteiger charge is -2.09. The van der Waals surface area contributed by atoms with E-state index < -0.39 is 0 Å². The molecule has 0 bridgehead atoms. The number of hydrogen-bond donors (Lipinski definition) is 2. The highest BCUT2D eigenvalue weighted by molar-refractivity contribution is 9.10. The van der Waals surface area contributed by atoms with Crippen LogP contribution in [0.2, 0.25) is 0 Å². The number of H-pyrrole nitrogens is 1. The molecule has 3 N–H and O–H groups in total. The fourth-order valence-corrected chi connectivity index (χ4v) is 2.73. The van der Waals surface area contributed by atoms with Gasteiger partial charge in [-0.25, -0.2) is 0 Å². The van der Waals surface area contributed by atoms with Crippen molar-refractivity contribution in [3.8, 4) is 11.3 Å². The van der Waals surface area contributed by atoms with Crippen LogP contribution in [0.15, 0.2) is 22.7 Å². The second-order valence-corrected chi connectivity index (χ2v) is 5.90. The van der Waals surface area contributed by atoms with Crippen molar-refractivity contribution >= 4 is 21.7 Å². The number of halogens is 1. The summed E-state index contributed by atoms with van der Waals surface area (Å²) in [5.74, 6) is 1.15. The molecule has 1 heterocycles. The molecule has 0 saturated heterocycles. The zero-order valence-corrected chi connectivity index (χ0v) is 12.5. The Balaban J connectivity index is 2.50. The minimum absolute atomic E-state index is 0.549. The molecule has 0 unspecified atom stereocenters. The fourth-order valence-electron chi connectivity index (χ4n) is 2.04. The number of nitrogens with zero attached hydrogens (tertiary/aromatic N) is 1. The molecular formula is C14H18BrN3. The molecule has 0 saturated carbocycles. The van der Waals surface area contributed by atoms with Crippen LogP contribution in [0.25, 0.3) is 11.3 Å². The number of nitrogen functional groups attached to an aromatic ring is 1. The summed E-state index contributed by atoms with van der Waals surface area (Å²) in [6.45, 7) is 6.44. The predicted octanol–water partition coefficient (Wildman–Crippen LogP) is 3.93. The Morgan fingerprint density at radius 2 is 2.11 bits per heavy atom. The maximum atomic E-state index is 5.95. The average Bonchev–Trinajstić information content (AvgIpc) is 2.60. The van der Waals surface area contributed by atoms with Crippen LogP contribution >= 0.6 is 15.9 Å². The molecule has 0 fully saturated rings. The van der Waals surface area contributed by atoms with Crippen LogP contribution in [0.5, 0.6) is 0 Å². The van der Waals surface area contributed by atoms with Crippen LogP contribution < -0.4 is 5.73 Å². The van der Waals surface area contributed by atoms with Crippen molar-refractivity contribution in [3.05, 3.63) is 33.8 Å². The zero-order valence-electron chi connectivity index (χ0n) is 10.9. The Morgan fingerprint density at radius 3 is 2.72 bits per heavy atom. The van der Waals surface area contributed by atoms with Crippen LogP contribution in [0, 0.1) is 12.8 Å². The topological polar surface area (TPSA) is 54.7 Å². The Hall–Kier alpha value is -1.29. The van der Waals surface area contributed by atoms with E-state index in [1.807, 2.05) is 0 Å². The molecule has 2 aromatic rings. The first kappa shape index (κ1) is 13.1. The van der Waals surface area contributed by atoms with Crippen LogP contribution in [-0.4, -0.2) is 10.2 Å². The van der Waals surface area contributed by atoms with Gasteiger partial charge in [0.05, 0.1) is 5.69 Å². The van der Waals surface area contributed by atoms with Gasteiger partial charge in [0.15, 0.2) is 0 Å². The van der Waals surface area contributed by atoms with Crippen molar-refractivity contribution < 1.29 is 0 Å². The van der Waals surface area contributed by atoms with Crippen molar-refractivity contribution in [1.82, 2.24) is 10.2 Å². The number of hydrogen-bond acceptors (Lipinski definition) is 2. The van der Waals surface area contributed by atoms with Crippen LogP contribution in [0.3, 0.4) is 0 Å². The lowest BCUT2D eigenvalue weighted by atomic mass is 9.99. The molecule has 3 nitrogen and oxygen atoms in total. The standard InChI is InChI=1S/C14H18BrN3/c1-8(2)6-11-13(17-18-14(11)16)10-5-4-9(3)7-12(10)15/h4-5,7-8H,6H2,1-3H3,(H3,16,17,18). The lowest BCUT2D eigenvalue weighted by molar-refractivity contribution is 0.649. The molecule has 0 spiro atoms. The summed E-state index contributed by atoms with van der Waals surface area (Å²) in [5, 5.41) is 7.19. The Morgan fingerprint density at radius 1 is 1.39 bits per heavy atom. The van der Waals surface area contributed by atoms with Gasteiger partial charge in [0.25, 0.3) is 0 Å². The summed E-state index contributed by atoms with van der Waals surface area (Å²) >= 11 is 3.60. The molecular weight excluding hydrogens is 290 g/mol. The molecule has 18 heavy (non-hydrogen) atoms. The maximum absolute atomic E-state index is 5.95. The van der Waals surface area contributed by atoms with E-state index in [0.717, 1.165) is 27.7 Å². The number of anilines is 1. The molecule has 0 aliphatic carbocycles. The maximum Gasteiger partial charge on any atom is 0.149 e. The highest BCUT2D eigenvalue weighted by Gasteiger charge is 2.15. The first-order chi connectivity index (χ1) is 8.49. The number of aromatic nitrogens is 2. The quantitative estimate of drug-likeness (QED) is 0.902. The predicted molar refractivity (Wildman–Crippen MR) is 79.4 cm³/mol. The summed E-state index contributed by atoms with van der Waals surface area (Å²) < 4.78 is 1.07. The number of benzene rings is 1. The van der Waals surface area contributed by atoms with Gasteiger partial charge in [-0.05, 0) is 30.9 Å². The molecule has 0 aliphatic heterocycles. The Bertz CT molecular complexity index is 558. The molecule has 0 aliphatic rings.